The van der Waals surface area contributed by atoms with Crippen molar-refractivity contribution in [1.82, 2.24) is 0 Å². The number of hydrogen-bond donors (Lipinski definition) is 0. The van der Waals surface area contributed by atoms with Gasteiger partial charge in [0.15, 0.2) is 0 Å². The molecule has 110 valence electrons. The standard InChI is InChI=1S/C18H21NO2/c1-13(2)21-17-8-6-15(7-9-17)19(3)16-5-4-14-10-11-20-18(14)12-16/h4-9,12-13H,10-11H2,1-3H3. The van der Waals surface area contributed by atoms with Gasteiger partial charge >= 0.3 is 0 Å². The van der Waals surface area contributed by atoms with Crippen molar-refractivity contribution in [3.8, 4) is 11.5 Å². The Balaban J connectivity index is 1.79. The molecule has 3 rings (SSSR count). The Hall–Kier alpha value is -2.16. The number of nitrogens with zero attached hydrogens (tertiary/aromatic N) is 1. The Labute approximate surface area is 126 Å². The molecule has 1 aliphatic heterocycles. The SMILES string of the molecule is CC(C)Oc1ccc(N(C)c2ccc3c(c2)OCC3)cc1. The average Bonchev–Trinajstić information content (AvgIpc) is 2.94. The summed E-state index contributed by atoms with van der Waals surface area (Å²) in [4.78, 5) is 2.15. The predicted octanol–water partition coefficient (Wildman–Crippen LogP) is 4.18. The maximum atomic E-state index is 5.68. The molecule has 21 heavy (non-hydrogen) atoms. The minimum atomic E-state index is 0.197. The molecule has 0 saturated heterocycles. The second-order valence-corrected chi connectivity index (χ2v) is 5.61. The lowest BCUT2D eigenvalue weighted by Crippen LogP contribution is -2.10. The van der Waals surface area contributed by atoms with Crippen LogP contribution in [0.4, 0.5) is 11.4 Å². The van der Waals surface area contributed by atoms with Gasteiger partial charge in [-0.3, -0.25) is 0 Å². The molecule has 2 aromatic carbocycles. The monoisotopic (exact) mass is 283 g/mol. The van der Waals surface area contributed by atoms with E-state index in [0.29, 0.717) is 0 Å². The number of rotatable bonds is 4. The lowest BCUT2D eigenvalue weighted by atomic mass is 10.1. The van der Waals surface area contributed by atoms with Crippen molar-refractivity contribution < 1.29 is 9.47 Å². The zero-order valence-electron chi connectivity index (χ0n) is 12.8. The van der Waals surface area contributed by atoms with Crippen LogP contribution >= 0.6 is 0 Å². The average molecular weight is 283 g/mol. The number of benzene rings is 2. The highest BCUT2D eigenvalue weighted by atomic mass is 16.5. The summed E-state index contributed by atoms with van der Waals surface area (Å²) < 4.78 is 11.3. The van der Waals surface area contributed by atoms with E-state index in [9.17, 15) is 0 Å². The molecule has 1 heterocycles. The number of ether oxygens (including phenoxy) is 2. The van der Waals surface area contributed by atoms with E-state index in [1.54, 1.807) is 0 Å². The zero-order valence-corrected chi connectivity index (χ0v) is 12.8. The molecule has 1 aliphatic rings. The summed E-state index contributed by atoms with van der Waals surface area (Å²) in [5, 5.41) is 0. The number of hydrogen-bond acceptors (Lipinski definition) is 3. The van der Waals surface area contributed by atoms with Crippen molar-refractivity contribution in [2.75, 3.05) is 18.6 Å². The van der Waals surface area contributed by atoms with Crippen molar-refractivity contribution in [2.45, 2.75) is 26.4 Å². The fraction of sp³-hybridized carbons (Fsp3) is 0.333. The third kappa shape index (κ3) is 2.97. The first kappa shape index (κ1) is 13.8. The molecular weight excluding hydrogens is 262 g/mol. The number of anilines is 2. The van der Waals surface area contributed by atoms with Gasteiger partial charge in [0.25, 0.3) is 0 Å². The van der Waals surface area contributed by atoms with Crippen LogP contribution in [0.5, 0.6) is 11.5 Å². The van der Waals surface area contributed by atoms with Crippen LogP contribution in [0.25, 0.3) is 0 Å². The summed E-state index contributed by atoms with van der Waals surface area (Å²) in [7, 11) is 2.06. The summed E-state index contributed by atoms with van der Waals surface area (Å²) >= 11 is 0. The molecule has 0 spiro atoms. The molecule has 0 amide bonds. The van der Waals surface area contributed by atoms with E-state index >= 15 is 0 Å². The molecule has 0 aliphatic carbocycles. The van der Waals surface area contributed by atoms with Gasteiger partial charge < -0.3 is 14.4 Å². The highest BCUT2D eigenvalue weighted by Gasteiger charge is 2.14. The molecule has 3 heteroatoms. The van der Waals surface area contributed by atoms with Crippen LogP contribution in [0, 0.1) is 0 Å². The summed E-state index contributed by atoms with van der Waals surface area (Å²) in [6.07, 6.45) is 1.21. The van der Waals surface area contributed by atoms with Gasteiger partial charge in [0.2, 0.25) is 0 Å². The summed E-state index contributed by atoms with van der Waals surface area (Å²) in [5.74, 6) is 1.92. The Morgan fingerprint density at radius 3 is 2.48 bits per heavy atom. The van der Waals surface area contributed by atoms with Gasteiger partial charge in [0, 0.05) is 30.9 Å². The quantitative estimate of drug-likeness (QED) is 0.840. The summed E-state index contributed by atoms with van der Waals surface area (Å²) in [5.41, 5.74) is 3.56. The van der Waals surface area contributed by atoms with Crippen molar-refractivity contribution in [1.29, 1.82) is 0 Å². The lowest BCUT2D eigenvalue weighted by Gasteiger charge is -2.20. The highest BCUT2D eigenvalue weighted by molar-refractivity contribution is 5.65. The minimum absolute atomic E-state index is 0.197. The molecule has 0 saturated carbocycles. The number of fused-ring (bicyclic) bond motifs is 1. The van der Waals surface area contributed by atoms with E-state index in [2.05, 4.69) is 42.3 Å². The van der Waals surface area contributed by atoms with Crippen LogP contribution in [0.3, 0.4) is 0 Å². The van der Waals surface area contributed by atoms with E-state index in [4.69, 9.17) is 9.47 Å². The maximum Gasteiger partial charge on any atom is 0.124 e. The molecule has 0 N–H and O–H groups in total. The van der Waals surface area contributed by atoms with Gasteiger partial charge in [0.1, 0.15) is 11.5 Å². The molecule has 0 atom stereocenters. The van der Waals surface area contributed by atoms with Gasteiger partial charge in [-0.05, 0) is 49.7 Å². The van der Waals surface area contributed by atoms with E-state index in [1.165, 1.54) is 5.56 Å². The van der Waals surface area contributed by atoms with Gasteiger partial charge in [-0.15, -0.1) is 0 Å². The first-order valence-corrected chi connectivity index (χ1v) is 7.39. The van der Waals surface area contributed by atoms with E-state index in [0.717, 1.165) is 35.9 Å². The largest absolute Gasteiger partial charge is 0.493 e. The van der Waals surface area contributed by atoms with E-state index in [-0.39, 0.29) is 6.10 Å². The topological polar surface area (TPSA) is 21.7 Å². The van der Waals surface area contributed by atoms with Gasteiger partial charge in [0.05, 0.1) is 12.7 Å². The summed E-state index contributed by atoms with van der Waals surface area (Å²) in [6, 6.07) is 14.6. The second-order valence-electron chi connectivity index (χ2n) is 5.61. The van der Waals surface area contributed by atoms with Crippen molar-refractivity contribution >= 4 is 11.4 Å². The first-order chi connectivity index (χ1) is 10.1. The second kappa shape index (κ2) is 5.68. The third-order valence-corrected chi connectivity index (χ3v) is 3.66. The highest BCUT2D eigenvalue weighted by Crippen LogP contribution is 2.33. The van der Waals surface area contributed by atoms with Crippen LogP contribution in [-0.4, -0.2) is 19.8 Å². The fourth-order valence-corrected chi connectivity index (χ4v) is 2.53. The van der Waals surface area contributed by atoms with Gasteiger partial charge in [-0.1, -0.05) is 6.07 Å². The van der Waals surface area contributed by atoms with Gasteiger partial charge in [-0.2, -0.15) is 0 Å². The lowest BCUT2D eigenvalue weighted by molar-refractivity contribution is 0.242. The predicted molar refractivity (Wildman–Crippen MR) is 85.9 cm³/mol. The van der Waals surface area contributed by atoms with Crippen molar-refractivity contribution in [3.63, 3.8) is 0 Å². The first-order valence-electron chi connectivity index (χ1n) is 7.39. The smallest absolute Gasteiger partial charge is 0.124 e. The molecule has 0 fully saturated rings. The molecular formula is C18H21NO2. The molecule has 0 unspecified atom stereocenters. The van der Waals surface area contributed by atoms with Crippen LogP contribution in [-0.2, 0) is 6.42 Å². The molecule has 0 radical (unpaired) electrons. The Kier molecular flexibility index (Phi) is 3.74. The van der Waals surface area contributed by atoms with E-state index < -0.39 is 0 Å². The Bertz CT molecular complexity index is 620. The van der Waals surface area contributed by atoms with Crippen LogP contribution in [0.2, 0.25) is 0 Å². The zero-order chi connectivity index (χ0) is 14.8. The maximum absolute atomic E-state index is 5.68. The normalized spacial score (nSPS) is 13.0. The van der Waals surface area contributed by atoms with Crippen molar-refractivity contribution in [3.05, 3.63) is 48.0 Å². The Morgan fingerprint density at radius 2 is 1.76 bits per heavy atom. The minimum Gasteiger partial charge on any atom is -0.493 e. The van der Waals surface area contributed by atoms with Crippen molar-refractivity contribution in [2.24, 2.45) is 0 Å². The molecule has 0 aromatic heterocycles. The van der Waals surface area contributed by atoms with Crippen LogP contribution in [0.1, 0.15) is 19.4 Å². The third-order valence-electron chi connectivity index (χ3n) is 3.66. The fourth-order valence-electron chi connectivity index (χ4n) is 2.53. The van der Waals surface area contributed by atoms with E-state index in [1.807, 2.05) is 26.0 Å². The molecule has 3 nitrogen and oxygen atoms in total. The van der Waals surface area contributed by atoms with Crippen LogP contribution < -0.4 is 14.4 Å². The molecule has 2 aromatic rings. The van der Waals surface area contributed by atoms with Gasteiger partial charge in [-0.25, -0.2) is 0 Å². The Morgan fingerprint density at radius 1 is 1.05 bits per heavy atom. The van der Waals surface area contributed by atoms with Crippen LogP contribution in [0.15, 0.2) is 42.5 Å². The summed E-state index contributed by atoms with van der Waals surface area (Å²) in [6.45, 7) is 4.86. The molecule has 0 bridgehead atoms.